The summed E-state index contributed by atoms with van der Waals surface area (Å²) < 4.78 is 26.6. The molecule has 8 heteroatoms. The molecule has 0 aromatic carbocycles. The van der Waals surface area contributed by atoms with Crippen LogP contribution in [-0.2, 0) is 16.4 Å². The summed E-state index contributed by atoms with van der Waals surface area (Å²) in [5.41, 5.74) is 8.12. The van der Waals surface area contributed by atoms with Crippen molar-refractivity contribution < 1.29 is 8.42 Å². The Morgan fingerprint density at radius 3 is 2.89 bits per heavy atom. The molecule has 0 spiro atoms. The first-order valence-corrected chi connectivity index (χ1v) is 8.18. The van der Waals surface area contributed by atoms with Crippen LogP contribution in [0.2, 0.25) is 0 Å². The van der Waals surface area contributed by atoms with E-state index in [0.29, 0.717) is 12.2 Å². The van der Waals surface area contributed by atoms with Crippen LogP contribution in [0.3, 0.4) is 0 Å². The zero-order chi connectivity index (χ0) is 13.9. The Hall–Kier alpha value is -1.38. The average molecular weight is 300 g/mol. The van der Waals surface area contributed by atoms with Crippen molar-refractivity contribution in [1.29, 1.82) is 0 Å². The third-order valence-corrected chi connectivity index (χ3v) is 5.63. The minimum absolute atomic E-state index is 0.254. The minimum Gasteiger partial charge on any atom is -0.398 e. The maximum Gasteiger partial charge on any atom is 0.250 e. The van der Waals surface area contributed by atoms with Crippen LogP contribution in [0, 0.1) is 6.92 Å². The summed E-state index contributed by atoms with van der Waals surface area (Å²) in [7, 11) is -3.43. The van der Waals surface area contributed by atoms with Crippen molar-refractivity contribution in [3.05, 3.63) is 28.9 Å². The molecule has 4 N–H and O–H groups in total. The normalized spacial score (nSPS) is 11.8. The molecular formula is C11H16N4O2S2. The van der Waals surface area contributed by atoms with Crippen LogP contribution < -0.4 is 10.5 Å². The second-order valence-corrected chi connectivity index (χ2v) is 7.13. The number of H-pyrrole nitrogens is 1. The molecule has 2 aromatic heterocycles. The predicted octanol–water partition coefficient (Wildman–Crippen LogP) is 1.27. The average Bonchev–Trinajstić information content (AvgIpc) is 2.94. The maximum atomic E-state index is 11.9. The number of aromatic nitrogens is 2. The second-order valence-electron chi connectivity index (χ2n) is 4.22. The highest BCUT2D eigenvalue weighted by molar-refractivity contribution is 7.91. The number of sulfonamides is 1. The SMILES string of the molecule is Cc1[nH]ncc1CCCNS(=O)(=O)c1cc(N)cs1. The third kappa shape index (κ3) is 3.55. The smallest absolute Gasteiger partial charge is 0.250 e. The van der Waals surface area contributed by atoms with E-state index in [0.717, 1.165) is 35.4 Å². The fourth-order valence-corrected chi connectivity index (χ4v) is 3.85. The number of hydrogen-bond acceptors (Lipinski definition) is 5. The highest BCUT2D eigenvalue weighted by Gasteiger charge is 2.15. The topological polar surface area (TPSA) is 101 Å². The molecule has 0 fully saturated rings. The third-order valence-electron chi connectivity index (χ3n) is 2.71. The van der Waals surface area contributed by atoms with E-state index in [1.165, 1.54) is 6.07 Å². The summed E-state index contributed by atoms with van der Waals surface area (Å²) in [6.45, 7) is 2.34. The first kappa shape index (κ1) is 14.0. The Bertz CT molecular complexity index is 645. The fraction of sp³-hybridized carbons (Fsp3) is 0.364. The van der Waals surface area contributed by atoms with Crippen LogP contribution >= 0.6 is 11.3 Å². The predicted molar refractivity (Wildman–Crippen MR) is 75.6 cm³/mol. The van der Waals surface area contributed by atoms with E-state index in [9.17, 15) is 8.42 Å². The van der Waals surface area contributed by atoms with Crippen LogP contribution in [0.15, 0.2) is 21.9 Å². The number of aromatic amines is 1. The van der Waals surface area contributed by atoms with Gasteiger partial charge in [-0.3, -0.25) is 5.10 Å². The van der Waals surface area contributed by atoms with Gasteiger partial charge in [0.2, 0.25) is 10.0 Å². The van der Waals surface area contributed by atoms with E-state index >= 15 is 0 Å². The second kappa shape index (κ2) is 5.72. The fourth-order valence-electron chi connectivity index (χ4n) is 1.66. The van der Waals surface area contributed by atoms with Gasteiger partial charge in [0, 0.05) is 23.3 Å². The molecule has 0 radical (unpaired) electrons. The van der Waals surface area contributed by atoms with Crippen LogP contribution in [0.5, 0.6) is 0 Å². The van der Waals surface area contributed by atoms with E-state index in [1.807, 2.05) is 6.92 Å². The quantitative estimate of drug-likeness (QED) is 0.699. The minimum atomic E-state index is -3.43. The lowest BCUT2D eigenvalue weighted by molar-refractivity contribution is 0.581. The summed E-state index contributed by atoms with van der Waals surface area (Å²) in [6, 6.07) is 1.47. The number of nitrogens with two attached hydrogens (primary N) is 1. The number of anilines is 1. The molecule has 2 heterocycles. The van der Waals surface area contributed by atoms with Crippen molar-refractivity contribution in [2.75, 3.05) is 12.3 Å². The molecule has 2 aromatic rings. The van der Waals surface area contributed by atoms with Gasteiger partial charge in [0.05, 0.1) is 6.20 Å². The molecule has 19 heavy (non-hydrogen) atoms. The van der Waals surface area contributed by atoms with E-state index in [-0.39, 0.29) is 4.21 Å². The molecule has 0 aliphatic carbocycles. The lowest BCUT2D eigenvalue weighted by Gasteiger charge is -2.04. The molecule has 0 saturated heterocycles. The number of thiophene rings is 1. The molecule has 0 bridgehead atoms. The number of rotatable bonds is 6. The number of nitrogens with one attached hydrogen (secondary N) is 2. The van der Waals surface area contributed by atoms with E-state index in [4.69, 9.17) is 5.73 Å². The standard InChI is InChI=1S/C11H16N4O2S2/c1-8-9(6-13-15-8)3-2-4-14-19(16,17)11-5-10(12)7-18-11/h5-7,14H,2-4,12H2,1H3,(H,13,15). The summed E-state index contributed by atoms with van der Waals surface area (Å²) in [5, 5.41) is 8.39. The first-order chi connectivity index (χ1) is 8.99. The van der Waals surface area contributed by atoms with Crippen molar-refractivity contribution in [2.45, 2.75) is 24.0 Å². The molecule has 0 aliphatic rings. The van der Waals surface area contributed by atoms with Crippen LogP contribution in [0.25, 0.3) is 0 Å². The number of nitrogen functional groups attached to an aromatic ring is 1. The molecule has 2 rings (SSSR count). The molecule has 6 nitrogen and oxygen atoms in total. The van der Waals surface area contributed by atoms with Gasteiger partial charge in [-0.25, -0.2) is 13.1 Å². The van der Waals surface area contributed by atoms with Crippen LogP contribution in [-0.4, -0.2) is 25.2 Å². The molecule has 0 unspecified atom stereocenters. The highest BCUT2D eigenvalue weighted by Crippen LogP contribution is 2.21. The zero-order valence-electron chi connectivity index (χ0n) is 10.5. The summed E-state index contributed by atoms with van der Waals surface area (Å²) in [5.74, 6) is 0. The van der Waals surface area contributed by atoms with Gasteiger partial charge in [0.1, 0.15) is 4.21 Å². The molecule has 104 valence electrons. The molecule has 0 atom stereocenters. The number of aryl methyl sites for hydroxylation is 2. The summed E-state index contributed by atoms with van der Waals surface area (Å²) in [6.07, 6.45) is 3.28. The first-order valence-electron chi connectivity index (χ1n) is 5.81. The van der Waals surface area contributed by atoms with Crippen molar-refractivity contribution in [2.24, 2.45) is 0 Å². The van der Waals surface area contributed by atoms with Gasteiger partial charge in [0.25, 0.3) is 0 Å². The monoisotopic (exact) mass is 300 g/mol. The van der Waals surface area contributed by atoms with E-state index in [2.05, 4.69) is 14.9 Å². The van der Waals surface area contributed by atoms with Crippen molar-refractivity contribution in [3.63, 3.8) is 0 Å². The lowest BCUT2D eigenvalue weighted by atomic mass is 10.1. The van der Waals surface area contributed by atoms with Gasteiger partial charge in [0.15, 0.2) is 0 Å². The Labute approximate surface area is 116 Å². The van der Waals surface area contributed by atoms with Crippen molar-refractivity contribution in [3.8, 4) is 0 Å². The number of hydrogen-bond donors (Lipinski definition) is 3. The molecule has 0 amide bonds. The highest BCUT2D eigenvalue weighted by atomic mass is 32.2. The Morgan fingerprint density at radius 2 is 2.32 bits per heavy atom. The Balaban J connectivity index is 1.84. The van der Waals surface area contributed by atoms with Gasteiger partial charge in [-0.05, 0) is 31.4 Å². The van der Waals surface area contributed by atoms with Gasteiger partial charge < -0.3 is 5.73 Å². The summed E-state index contributed by atoms with van der Waals surface area (Å²) >= 11 is 1.12. The molecule has 0 aliphatic heterocycles. The van der Waals surface area contributed by atoms with Gasteiger partial charge >= 0.3 is 0 Å². The lowest BCUT2D eigenvalue weighted by Crippen LogP contribution is -2.24. The zero-order valence-corrected chi connectivity index (χ0v) is 12.1. The van der Waals surface area contributed by atoms with Crippen molar-refractivity contribution in [1.82, 2.24) is 14.9 Å². The van der Waals surface area contributed by atoms with E-state index < -0.39 is 10.0 Å². The van der Waals surface area contributed by atoms with Gasteiger partial charge in [-0.15, -0.1) is 11.3 Å². The Kier molecular flexibility index (Phi) is 4.23. The summed E-state index contributed by atoms with van der Waals surface area (Å²) in [4.78, 5) is 0. The van der Waals surface area contributed by atoms with Crippen LogP contribution in [0.4, 0.5) is 5.69 Å². The molecular weight excluding hydrogens is 284 g/mol. The van der Waals surface area contributed by atoms with Gasteiger partial charge in [-0.1, -0.05) is 0 Å². The van der Waals surface area contributed by atoms with Gasteiger partial charge in [-0.2, -0.15) is 5.10 Å². The van der Waals surface area contributed by atoms with Crippen LogP contribution in [0.1, 0.15) is 17.7 Å². The number of nitrogens with zero attached hydrogens (tertiary/aromatic N) is 1. The van der Waals surface area contributed by atoms with E-state index in [1.54, 1.807) is 11.6 Å². The maximum absolute atomic E-state index is 11.9. The Morgan fingerprint density at radius 1 is 1.53 bits per heavy atom. The molecule has 0 saturated carbocycles. The van der Waals surface area contributed by atoms with Crippen molar-refractivity contribution >= 4 is 27.0 Å². The largest absolute Gasteiger partial charge is 0.398 e.